The molecule has 3 rings (SSSR count). The highest BCUT2D eigenvalue weighted by atomic mass is 32.2. The lowest BCUT2D eigenvalue weighted by atomic mass is 10.2. The first-order chi connectivity index (χ1) is 11.2. The number of ether oxygens (including phenoxy) is 1. The van der Waals surface area contributed by atoms with Gasteiger partial charge in [0, 0.05) is 16.2 Å². The Labute approximate surface area is 140 Å². The third kappa shape index (κ3) is 4.02. The van der Waals surface area contributed by atoms with E-state index < -0.39 is 0 Å². The van der Waals surface area contributed by atoms with Crippen LogP contribution in [0.5, 0.6) is 11.6 Å². The fraction of sp³-hybridized carbons (Fsp3) is 0.111. The number of hydrogen-bond donors (Lipinski definition) is 1. The molecule has 0 radical (unpaired) electrons. The van der Waals surface area contributed by atoms with Gasteiger partial charge < -0.3 is 4.74 Å². The average molecular weight is 323 g/mol. The van der Waals surface area contributed by atoms with Crippen LogP contribution in [0.2, 0.25) is 0 Å². The van der Waals surface area contributed by atoms with Crippen molar-refractivity contribution in [3.8, 4) is 11.6 Å². The number of benzene rings is 2. The van der Waals surface area contributed by atoms with Gasteiger partial charge in [-0.3, -0.25) is 4.72 Å². The van der Waals surface area contributed by atoms with Crippen molar-refractivity contribution < 1.29 is 4.74 Å². The Balaban J connectivity index is 1.79. The summed E-state index contributed by atoms with van der Waals surface area (Å²) < 4.78 is 9.05. The van der Waals surface area contributed by atoms with Gasteiger partial charge in [-0.1, -0.05) is 36.4 Å². The summed E-state index contributed by atoms with van der Waals surface area (Å²) in [6.45, 7) is 3.91. The monoisotopic (exact) mass is 323 g/mol. The molecule has 2 aromatic carbocycles. The molecule has 0 atom stereocenters. The Kier molecular flexibility index (Phi) is 4.78. The van der Waals surface area contributed by atoms with Crippen molar-refractivity contribution in [1.82, 2.24) is 9.97 Å². The third-order valence-corrected chi connectivity index (χ3v) is 4.10. The minimum Gasteiger partial charge on any atom is -0.439 e. The Morgan fingerprint density at radius 2 is 1.52 bits per heavy atom. The van der Waals surface area contributed by atoms with Crippen LogP contribution in [0.15, 0.2) is 65.6 Å². The number of hydrogen-bond acceptors (Lipinski definition) is 5. The van der Waals surface area contributed by atoms with E-state index in [1.165, 1.54) is 11.9 Å². The van der Waals surface area contributed by atoms with Crippen LogP contribution in [0.4, 0.5) is 5.95 Å². The zero-order valence-electron chi connectivity index (χ0n) is 13.0. The third-order valence-electron chi connectivity index (χ3n) is 3.31. The number of nitrogens with zero attached hydrogens (tertiary/aromatic N) is 2. The fourth-order valence-electron chi connectivity index (χ4n) is 1.94. The summed E-state index contributed by atoms with van der Waals surface area (Å²) in [7, 11) is 0. The maximum atomic E-state index is 5.88. The molecule has 0 fully saturated rings. The summed E-state index contributed by atoms with van der Waals surface area (Å²) in [6, 6.07) is 19.7. The maximum absolute atomic E-state index is 5.88. The maximum Gasteiger partial charge on any atom is 0.236 e. The molecular formula is C18H17N3OS. The zero-order valence-corrected chi connectivity index (χ0v) is 13.8. The van der Waals surface area contributed by atoms with E-state index in [0.29, 0.717) is 11.8 Å². The molecule has 1 heterocycles. The number of aryl methyl sites for hydroxylation is 1. The normalized spacial score (nSPS) is 10.3. The molecule has 0 saturated heterocycles. The molecule has 0 bridgehead atoms. The van der Waals surface area contributed by atoms with Gasteiger partial charge in [0.05, 0.1) is 0 Å². The summed E-state index contributed by atoms with van der Waals surface area (Å²) in [6.07, 6.45) is 0. The van der Waals surface area contributed by atoms with Crippen LogP contribution in [0.1, 0.15) is 11.3 Å². The van der Waals surface area contributed by atoms with Crippen LogP contribution in [-0.2, 0) is 0 Å². The quantitative estimate of drug-likeness (QED) is 0.669. The first-order valence-electron chi connectivity index (χ1n) is 7.28. The minimum atomic E-state index is 0.535. The molecule has 1 aromatic heterocycles. The van der Waals surface area contributed by atoms with Crippen molar-refractivity contribution >= 4 is 17.9 Å². The second-order valence-electron chi connectivity index (χ2n) is 5.00. The summed E-state index contributed by atoms with van der Waals surface area (Å²) in [5.41, 5.74) is 1.83. The predicted octanol–water partition coefficient (Wildman–Crippen LogP) is 5.00. The van der Waals surface area contributed by atoms with Gasteiger partial charge in [0.1, 0.15) is 5.75 Å². The summed E-state index contributed by atoms with van der Waals surface area (Å²) >= 11 is 1.47. The second-order valence-corrected chi connectivity index (χ2v) is 5.87. The zero-order chi connectivity index (χ0) is 16.1. The lowest BCUT2D eigenvalue weighted by Gasteiger charge is -2.12. The molecule has 23 heavy (non-hydrogen) atoms. The van der Waals surface area contributed by atoms with Crippen molar-refractivity contribution in [2.24, 2.45) is 0 Å². The number of rotatable bonds is 5. The van der Waals surface area contributed by atoms with Crippen molar-refractivity contribution in [3.05, 3.63) is 71.9 Å². The van der Waals surface area contributed by atoms with Crippen LogP contribution in [0, 0.1) is 13.8 Å². The van der Waals surface area contributed by atoms with Gasteiger partial charge in [-0.25, -0.2) is 4.98 Å². The van der Waals surface area contributed by atoms with Crippen molar-refractivity contribution in [2.45, 2.75) is 18.7 Å². The number of anilines is 1. The Morgan fingerprint density at radius 1 is 0.870 bits per heavy atom. The average Bonchev–Trinajstić information content (AvgIpc) is 2.59. The summed E-state index contributed by atoms with van der Waals surface area (Å²) in [4.78, 5) is 10.0. The van der Waals surface area contributed by atoms with E-state index >= 15 is 0 Å². The molecule has 0 amide bonds. The molecule has 5 heteroatoms. The lowest BCUT2D eigenvalue weighted by Crippen LogP contribution is -2.02. The van der Waals surface area contributed by atoms with Crippen molar-refractivity contribution in [1.29, 1.82) is 0 Å². The van der Waals surface area contributed by atoms with E-state index in [9.17, 15) is 0 Å². The van der Waals surface area contributed by atoms with E-state index in [1.54, 1.807) is 0 Å². The number of nitrogens with one attached hydrogen (secondary N) is 1. The van der Waals surface area contributed by atoms with E-state index in [-0.39, 0.29) is 0 Å². The van der Waals surface area contributed by atoms with Gasteiger partial charge >= 0.3 is 0 Å². The number of para-hydroxylation sites is 1. The molecule has 0 unspecified atom stereocenters. The molecule has 0 saturated carbocycles. The Morgan fingerprint density at radius 3 is 2.22 bits per heavy atom. The first-order valence-corrected chi connectivity index (χ1v) is 8.10. The summed E-state index contributed by atoms with van der Waals surface area (Å²) in [5.74, 6) is 1.86. The summed E-state index contributed by atoms with van der Waals surface area (Å²) in [5, 5.41) is 0. The molecule has 3 aromatic rings. The van der Waals surface area contributed by atoms with Crippen LogP contribution < -0.4 is 9.46 Å². The van der Waals surface area contributed by atoms with Crippen LogP contribution >= 0.6 is 11.9 Å². The lowest BCUT2D eigenvalue weighted by molar-refractivity contribution is 0.457. The van der Waals surface area contributed by atoms with E-state index in [0.717, 1.165) is 21.9 Å². The SMILES string of the molecule is Cc1nc(NSc2ccccc2)nc(Oc2ccccc2)c1C. The van der Waals surface area contributed by atoms with Crippen LogP contribution in [0.3, 0.4) is 0 Å². The second kappa shape index (κ2) is 7.15. The van der Waals surface area contributed by atoms with Crippen molar-refractivity contribution in [3.63, 3.8) is 0 Å². The molecule has 0 aliphatic heterocycles. The van der Waals surface area contributed by atoms with Crippen LogP contribution in [0.25, 0.3) is 0 Å². The first kappa shape index (κ1) is 15.4. The predicted molar refractivity (Wildman–Crippen MR) is 93.9 cm³/mol. The fourth-order valence-corrected chi connectivity index (χ4v) is 2.53. The molecule has 0 spiro atoms. The Bertz CT molecular complexity index is 779. The molecule has 4 nitrogen and oxygen atoms in total. The van der Waals surface area contributed by atoms with Gasteiger partial charge in [0.15, 0.2) is 0 Å². The number of aromatic nitrogens is 2. The molecule has 116 valence electrons. The van der Waals surface area contributed by atoms with Gasteiger partial charge in [-0.15, -0.1) is 0 Å². The van der Waals surface area contributed by atoms with Gasteiger partial charge in [-0.05, 0) is 50.1 Å². The smallest absolute Gasteiger partial charge is 0.236 e. The molecular weight excluding hydrogens is 306 g/mol. The van der Waals surface area contributed by atoms with E-state index in [4.69, 9.17) is 4.74 Å². The molecule has 0 aliphatic carbocycles. The van der Waals surface area contributed by atoms with Gasteiger partial charge in [-0.2, -0.15) is 4.98 Å². The minimum absolute atomic E-state index is 0.535. The highest BCUT2D eigenvalue weighted by Crippen LogP contribution is 2.27. The molecule has 1 N–H and O–H groups in total. The van der Waals surface area contributed by atoms with Gasteiger partial charge in [0.25, 0.3) is 0 Å². The standard InChI is InChI=1S/C18H17N3OS/c1-13-14(2)19-18(21-23-16-11-7-4-8-12-16)20-17(13)22-15-9-5-3-6-10-15/h3-12H,1-2H3,(H,19,20,21). The van der Waals surface area contributed by atoms with Crippen molar-refractivity contribution in [2.75, 3.05) is 4.72 Å². The highest BCUT2D eigenvalue weighted by molar-refractivity contribution is 8.00. The van der Waals surface area contributed by atoms with E-state index in [1.807, 2.05) is 74.5 Å². The Hall–Kier alpha value is -2.53. The highest BCUT2D eigenvalue weighted by Gasteiger charge is 2.10. The van der Waals surface area contributed by atoms with Gasteiger partial charge in [0.2, 0.25) is 11.8 Å². The van der Waals surface area contributed by atoms with E-state index in [2.05, 4.69) is 14.7 Å². The largest absolute Gasteiger partial charge is 0.439 e. The topological polar surface area (TPSA) is 47.0 Å². The van der Waals surface area contributed by atoms with Crippen LogP contribution in [-0.4, -0.2) is 9.97 Å². The molecule has 0 aliphatic rings.